The molecule has 0 unspecified atom stereocenters. The molecule has 0 radical (unpaired) electrons. The Balaban J connectivity index is 2.99. The van der Waals surface area contributed by atoms with E-state index in [1.54, 1.807) is 34.5 Å². The van der Waals surface area contributed by atoms with Gasteiger partial charge in [-0.15, -0.1) is 0 Å². The summed E-state index contributed by atoms with van der Waals surface area (Å²) in [5.74, 6) is 2.77. The minimum absolute atomic E-state index is 0.682. The van der Waals surface area contributed by atoms with Crippen molar-refractivity contribution in [1.82, 2.24) is 0 Å². The first-order valence-electron chi connectivity index (χ1n) is 9.37. The zero-order chi connectivity index (χ0) is 21.6. The number of hydrogen-bond donors (Lipinski definition) is 0. The second kappa shape index (κ2) is 9.87. The largest absolute Gasteiger partial charge is 0.493 e. The summed E-state index contributed by atoms with van der Waals surface area (Å²) >= 11 is 0. The van der Waals surface area contributed by atoms with Crippen LogP contribution in [0.1, 0.15) is 20.8 Å². The molecule has 2 rings (SSSR count). The van der Waals surface area contributed by atoms with Gasteiger partial charge in [0.1, 0.15) is 0 Å². The molecule has 0 atom stereocenters. The zero-order valence-electron chi connectivity index (χ0n) is 18.4. The monoisotopic (exact) mass is 394 g/mol. The lowest BCUT2D eigenvalue weighted by Gasteiger charge is -2.09. The third-order valence-electron chi connectivity index (χ3n) is 4.74. The highest BCUT2D eigenvalue weighted by Gasteiger charge is 2.06. The Bertz CT molecular complexity index is 1140. The molecule has 154 valence electrons. The van der Waals surface area contributed by atoms with E-state index in [2.05, 4.69) is 33.4 Å². The Hall–Kier alpha value is -3.14. The average molecular weight is 395 g/mol. The van der Waals surface area contributed by atoms with Crippen LogP contribution in [0.5, 0.6) is 23.0 Å². The molecular weight excluding hydrogens is 364 g/mol. The molecule has 0 aromatic heterocycles. The third kappa shape index (κ3) is 4.83. The summed E-state index contributed by atoms with van der Waals surface area (Å²) < 4.78 is 21.9. The Labute approximate surface area is 172 Å². The van der Waals surface area contributed by atoms with Gasteiger partial charge in [0.2, 0.25) is 0 Å². The Morgan fingerprint density at radius 1 is 0.690 bits per heavy atom. The maximum absolute atomic E-state index is 5.51. The molecule has 0 N–H and O–H groups in total. The van der Waals surface area contributed by atoms with E-state index in [1.165, 1.54) is 5.57 Å². The van der Waals surface area contributed by atoms with E-state index in [4.69, 9.17) is 18.9 Å². The predicted molar refractivity (Wildman–Crippen MR) is 121 cm³/mol. The van der Waals surface area contributed by atoms with Crippen LogP contribution in [0.25, 0.3) is 23.3 Å². The van der Waals surface area contributed by atoms with Gasteiger partial charge in [0, 0.05) is 0 Å². The topological polar surface area (TPSA) is 36.9 Å². The maximum Gasteiger partial charge on any atom is 0.161 e. The first kappa shape index (κ1) is 22.2. The number of rotatable bonds is 6. The molecule has 0 aliphatic rings. The van der Waals surface area contributed by atoms with Crippen LogP contribution in [0.3, 0.4) is 0 Å². The molecule has 0 aliphatic heterocycles. The van der Waals surface area contributed by atoms with Crippen molar-refractivity contribution in [1.29, 1.82) is 0 Å². The third-order valence-corrected chi connectivity index (χ3v) is 4.74. The van der Waals surface area contributed by atoms with Crippen LogP contribution >= 0.6 is 0 Å². The molecule has 0 aliphatic carbocycles. The molecule has 0 spiro atoms. The van der Waals surface area contributed by atoms with Crippen LogP contribution in [-0.2, 0) is 0 Å². The Morgan fingerprint density at radius 2 is 1.14 bits per heavy atom. The fourth-order valence-corrected chi connectivity index (χ4v) is 3.26. The van der Waals surface area contributed by atoms with Crippen LogP contribution in [-0.4, -0.2) is 28.4 Å². The van der Waals surface area contributed by atoms with Crippen molar-refractivity contribution < 1.29 is 18.9 Å². The lowest BCUT2D eigenvalue weighted by Crippen LogP contribution is -2.30. The van der Waals surface area contributed by atoms with Crippen LogP contribution in [0.2, 0.25) is 0 Å². The van der Waals surface area contributed by atoms with Gasteiger partial charge in [0.15, 0.2) is 23.0 Å². The van der Waals surface area contributed by atoms with Crippen molar-refractivity contribution in [3.05, 3.63) is 57.8 Å². The van der Waals surface area contributed by atoms with Crippen molar-refractivity contribution in [3.63, 3.8) is 0 Å². The first-order valence-corrected chi connectivity index (χ1v) is 9.37. The Morgan fingerprint density at radius 3 is 1.59 bits per heavy atom. The van der Waals surface area contributed by atoms with Gasteiger partial charge in [-0.1, -0.05) is 30.4 Å². The highest BCUT2D eigenvalue weighted by Crippen LogP contribution is 2.23. The number of allylic oxidation sites excluding steroid dienone is 1. The fraction of sp³-hybridized carbons (Fsp3) is 0.280. The van der Waals surface area contributed by atoms with Gasteiger partial charge in [-0.25, -0.2) is 0 Å². The summed E-state index contributed by atoms with van der Waals surface area (Å²) in [5.41, 5.74) is 2.27. The second-order valence-electron chi connectivity index (χ2n) is 6.82. The minimum atomic E-state index is 0.682. The normalized spacial score (nSPS) is 13.1. The maximum atomic E-state index is 5.51. The summed E-state index contributed by atoms with van der Waals surface area (Å²) in [7, 11) is 6.56. The second-order valence-corrected chi connectivity index (χ2v) is 6.82. The van der Waals surface area contributed by atoms with Gasteiger partial charge in [-0.3, -0.25) is 0 Å². The standard InChI is InChI=1S/C25H30O4/c1-9-10-18-12-22(26-5)25(29-8)15-21(18)17(4)11-19-13-23(27-6)24(28-7)14-20(19)16(2)3/h9-15H,1H2,2-8H3/b18-10-,19-11-,21-17+. The van der Waals surface area contributed by atoms with Crippen molar-refractivity contribution in [3.8, 4) is 23.0 Å². The van der Waals surface area contributed by atoms with Crippen LogP contribution in [0.15, 0.2) is 36.9 Å². The number of methoxy groups -OCH3 is 4. The summed E-state index contributed by atoms with van der Waals surface area (Å²) in [5, 5.41) is 4.21. The molecular formula is C25H30O4. The molecule has 0 fully saturated rings. The van der Waals surface area contributed by atoms with Crippen LogP contribution in [0.4, 0.5) is 0 Å². The molecule has 0 saturated heterocycles. The highest BCUT2D eigenvalue weighted by atomic mass is 16.5. The summed E-state index contributed by atoms with van der Waals surface area (Å²) in [6.07, 6.45) is 5.87. The van der Waals surface area contributed by atoms with E-state index in [9.17, 15) is 0 Å². The van der Waals surface area contributed by atoms with Gasteiger partial charge in [0.25, 0.3) is 0 Å². The smallest absolute Gasteiger partial charge is 0.161 e. The van der Waals surface area contributed by atoms with E-state index in [0.29, 0.717) is 23.0 Å². The van der Waals surface area contributed by atoms with Crippen molar-refractivity contribution in [2.75, 3.05) is 28.4 Å². The quantitative estimate of drug-likeness (QED) is 0.755. The van der Waals surface area contributed by atoms with Gasteiger partial charge < -0.3 is 18.9 Å². The SMILES string of the molecule is C=C/C=c1/cc(OC)c(OC)c/c1=C(C)\C=c1\cc(OC)c(OC)cc1=C(C)C. The molecule has 0 amide bonds. The molecule has 29 heavy (non-hydrogen) atoms. The van der Waals surface area contributed by atoms with Crippen molar-refractivity contribution in [2.45, 2.75) is 20.8 Å². The van der Waals surface area contributed by atoms with E-state index in [1.807, 2.05) is 30.3 Å². The minimum Gasteiger partial charge on any atom is -0.493 e. The lowest BCUT2D eigenvalue weighted by molar-refractivity contribution is 0.354. The number of ether oxygens (including phenoxy) is 4. The molecule has 4 heteroatoms. The molecule has 0 bridgehead atoms. The first-order chi connectivity index (χ1) is 13.9. The van der Waals surface area contributed by atoms with E-state index in [0.717, 1.165) is 26.4 Å². The number of hydrogen-bond acceptors (Lipinski definition) is 4. The van der Waals surface area contributed by atoms with Gasteiger partial charge in [-0.2, -0.15) is 0 Å². The Kier molecular flexibility index (Phi) is 7.54. The summed E-state index contributed by atoms with van der Waals surface area (Å²) in [6.45, 7) is 10.1. The molecule has 0 heterocycles. The van der Waals surface area contributed by atoms with Crippen LogP contribution < -0.4 is 39.8 Å². The fourth-order valence-electron chi connectivity index (χ4n) is 3.26. The number of benzene rings is 2. The van der Waals surface area contributed by atoms with Crippen molar-refractivity contribution in [2.24, 2.45) is 0 Å². The van der Waals surface area contributed by atoms with Gasteiger partial charge in [-0.05, 0) is 71.5 Å². The lowest BCUT2D eigenvalue weighted by atomic mass is 10.1. The van der Waals surface area contributed by atoms with Gasteiger partial charge >= 0.3 is 0 Å². The average Bonchev–Trinajstić information content (AvgIpc) is 2.72. The molecule has 4 nitrogen and oxygen atoms in total. The zero-order valence-corrected chi connectivity index (χ0v) is 18.4. The van der Waals surface area contributed by atoms with E-state index < -0.39 is 0 Å². The molecule has 2 aromatic carbocycles. The van der Waals surface area contributed by atoms with Crippen molar-refractivity contribution >= 4 is 23.3 Å². The van der Waals surface area contributed by atoms with Crippen LogP contribution in [0, 0.1) is 0 Å². The molecule has 2 aromatic rings. The van der Waals surface area contributed by atoms with E-state index >= 15 is 0 Å². The highest BCUT2D eigenvalue weighted by molar-refractivity contribution is 5.76. The predicted octanol–water partition coefficient (Wildman–Crippen LogP) is 2.53. The summed E-state index contributed by atoms with van der Waals surface area (Å²) in [6, 6.07) is 7.96. The van der Waals surface area contributed by atoms with E-state index in [-0.39, 0.29) is 0 Å². The summed E-state index contributed by atoms with van der Waals surface area (Å²) in [4.78, 5) is 0. The van der Waals surface area contributed by atoms with Gasteiger partial charge in [0.05, 0.1) is 28.4 Å². The molecule has 0 saturated carbocycles.